The zero-order valence-electron chi connectivity index (χ0n) is 13.3. The number of aliphatic hydroxyl groups is 1. The Bertz CT molecular complexity index is 629. The highest BCUT2D eigenvalue weighted by molar-refractivity contribution is 5.25. The van der Waals surface area contributed by atoms with E-state index < -0.39 is 5.60 Å². The summed E-state index contributed by atoms with van der Waals surface area (Å²) in [6, 6.07) is 21.2. The lowest BCUT2D eigenvalue weighted by Crippen LogP contribution is -2.60. The smallest absolute Gasteiger partial charge is 0.0928 e. The Morgan fingerprint density at radius 1 is 0.913 bits per heavy atom. The SMILES string of the molecule is OC1(c2ccccc2)CC2COCC(C1)N2Cc1ccccc1. The molecule has 2 atom stereocenters. The topological polar surface area (TPSA) is 32.7 Å². The van der Waals surface area contributed by atoms with Crippen molar-refractivity contribution in [1.82, 2.24) is 4.90 Å². The van der Waals surface area contributed by atoms with Gasteiger partial charge < -0.3 is 9.84 Å². The zero-order chi connectivity index (χ0) is 15.7. The van der Waals surface area contributed by atoms with Gasteiger partial charge in [-0.1, -0.05) is 60.7 Å². The van der Waals surface area contributed by atoms with Gasteiger partial charge in [0.25, 0.3) is 0 Å². The molecule has 2 unspecified atom stereocenters. The molecule has 2 fully saturated rings. The monoisotopic (exact) mass is 309 g/mol. The molecule has 0 amide bonds. The van der Waals surface area contributed by atoms with Crippen molar-refractivity contribution in [2.75, 3.05) is 13.2 Å². The molecule has 2 saturated heterocycles. The molecule has 3 heteroatoms. The van der Waals surface area contributed by atoms with Crippen molar-refractivity contribution in [3.63, 3.8) is 0 Å². The fourth-order valence-electron chi connectivity index (χ4n) is 4.08. The molecule has 0 saturated carbocycles. The summed E-state index contributed by atoms with van der Waals surface area (Å²) < 4.78 is 5.78. The predicted octanol–water partition coefficient (Wildman–Crippen LogP) is 2.94. The van der Waals surface area contributed by atoms with Crippen molar-refractivity contribution in [3.05, 3.63) is 71.8 Å². The maximum atomic E-state index is 11.3. The molecule has 0 radical (unpaired) electrons. The van der Waals surface area contributed by atoms with Crippen LogP contribution in [-0.4, -0.2) is 35.3 Å². The van der Waals surface area contributed by atoms with E-state index in [-0.39, 0.29) is 12.1 Å². The molecule has 2 aromatic carbocycles. The average molecular weight is 309 g/mol. The van der Waals surface area contributed by atoms with Crippen molar-refractivity contribution >= 4 is 0 Å². The maximum Gasteiger partial charge on any atom is 0.0928 e. The summed E-state index contributed by atoms with van der Waals surface area (Å²) in [7, 11) is 0. The van der Waals surface area contributed by atoms with Crippen molar-refractivity contribution in [3.8, 4) is 0 Å². The number of hydrogen-bond acceptors (Lipinski definition) is 3. The molecule has 3 nitrogen and oxygen atoms in total. The average Bonchev–Trinajstić information content (AvgIpc) is 2.58. The Morgan fingerprint density at radius 2 is 1.48 bits per heavy atom. The Labute approximate surface area is 137 Å². The van der Waals surface area contributed by atoms with Gasteiger partial charge in [0.1, 0.15) is 0 Å². The van der Waals surface area contributed by atoms with Crippen LogP contribution in [0.2, 0.25) is 0 Å². The van der Waals surface area contributed by atoms with E-state index in [1.807, 2.05) is 30.3 Å². The van der Waals surface area contributed by atoms with Crippen LogP contribution >= 0.6 is 0 Å². The van der Waals surface area contributed by atoms with Gasteiger partial charge in [-0.3, -0.25) is 4.90 Å². The molecule has 0 spiro atoms. The van der Waals surface area contributed by atoms with E-state index in [9.17, 15) is 5.11 Å². The van der Waals surface area contributed by atoms with Crippen molar-refractivity contribution in [2.45, 2.75) is 37.1 Å². The van der Waals surface area contributed by atoms with E-state index >= 15 is 0 Å². The Hall–Kier alpha value is -1.68. The predicted molar refractivity (Wildman–Crippen MR) is 90.0 cm³/mol. The number of morpholine rings is 1. The highest BCUT2D eigenvalue weighted by Crippen LogP contribution is 2.41. The minimum absolute atomic E-state index is 0.271. The van der Waals surface area contributed by atoms with E-state index in [0.717, 1.165) is 24.9 Å². The molecule has 2 aliphatic heterocycles. The zero-order valence-corrected chi connectivity index (χ0v) is 13.3. The molecule has 1 N–H and O–H groups in total. The fourth-order valence-corrected chi connectivity index (χ4v) is 4.08. The summed E-state index contributed by atoms with van der Waals surface area (Å²) in [5, 5.41) is 11.3. The molecule has 0 aromatic heterocycles. The normalized spacial score (nSPS) is 31.0. The van der Waals surface area contributed by atoms with Crippen LogP contribution in [-0.2, 0) is 16.9 Å². The molecular formula is C20H23NO2. The van der Waals surface area contributed by atoms with E-state index in [2.05, 4.69) is 35.2 Å². The molecule has 2 heterocycles. The Kier molecular flexibility index (Phi) is 3.93. The van der Waals surface area contributed by atoms with Crippen LogP contribution < -0.4 is 0 Å². The minimum Gasteiger partial charge on any atom is -0.385 e. The molecule has 2 aromatic rings. The third kappa shape index (κ3) is 2.92. The first-order valence-electron chi connectivity index (χ1n) is 8.40. The summed E-state index contributed by atoms with van der Waals surface area (Å²) in [6.45, 7) is 2.35. The van der Waals surface area contributed by atoms with Crippen LogP contribution in [0.1, 0.15) is 24.0 Å². The van der Waals surface area contributed by atoms with E-state index in [0.29, 0.717) is 13.2 Å². The molecule has 23 heavy (non-hydrogen) atoms. The number of fused-ring (bicyclic) bond motifs is 2. The summed E-state index contributed by atoms with van der Waals surface area (Å²) in [5.74, 6) is 0. The molecule has 0 aliphatic carbocycles. The number of nitrogens with zero attached hydrogens (tertiary/aromatic N) is 1. The Balaban J connectivity index is 1.57. The van der Waals surface area contributed by atoms with Crippen LogP contribution in [0.25, 0.3) is 0 Å². The summed E-state index contributed by atoms with van der Waals surface area (Å²) in [6.07, 6.45) is 1.47. The Morgan fingerprint density at radius 3 is 2.09 bits per heavy atom. The lowest BCUT2D eigenvalue weighted by atomic mass is 9.76. The first kappa shape index (κ1) is 14.9. The minimum atomic E-state index is -0.729. The highest BCUT2D eigenvalue weighted by atomic mass is 16.5. The van der Waals surface area contributed by atoms with Gasteiger partial charge in [-0.05, 0) is 24.0 Å². The number of ether oxygens (including phenoxy) is 1. The van der Waals surface area contributed by atoms with Gasteiger partial charge in [-0.2, -0.15) is 0 Å². The van der Waals surface area contributed by atoms with Gasteiger partial charge >= 0.3 is 0 Å². The first-order valence-corrected chi connectivity index (χ1v) is 8.40. The largest absolute Gasteiger partial charge is 0.385 e. The maximum absolute atomic E-state index is 11.3. The van der Waals surface area contributed by atoms with Gasteiger partial charge in [-0.15, -0.1) is 0 Å². The fraction of sp³-hybridized carbons (Fsp3) is 0.400. The van der Waals surface area contributed by atoms with Gasteiger partial charge in [0, 0.05) is 18.6 Å². The van der Waals surface area contributed by atoms with Gasteiger partial charge in [0.05, 0.1) is 18.8 Å². The van der Waals surface area contributed by atoms with Gasteiger partial charge in [-0.25, -0.2) is 0 Å². The first-order chi connectivity index (χ1) is 11.2. The third-order valence-corrected chi connectivity index (χ3v) is 5.22. The van der Waals surface area contributed by atoms with E-state index in [1.165, 1.54) is 5.56 Å². The number of hydrogen-bond donors (Lipinski definition) is 1. The molecular weight excluding hydrogens is 286 g/mol. The van der Waals surface area contributed by atoms with Crippen molar-refractivity contribution < 1.29 is 9.84 Å². The standard InChI is InChI=1S/C20H23NO2/c22-20(17-9-5-2-6-10-17)11-18-14-23-15-19(12-20)21(18)13-16-7-3-1-4-8-16/h1-10,18-19,22H,11-15H2. The van der Waals surface area contributed by atoms with Crippen molar-refractivity contribution in [2.24, 2.45) is 0 Å². The second-order valence-corrected chi connectivity index (χ2v) is 6.81. The van der Waals surface area contributed by atoms with Gasteiger partial charge in [0.2, 0.25) is 0 Å². The molecule has 2 aliphatic rings. The summed E-state index contributed by atoms with van der Waals surface area (Å²) >= 11 is 0. The number of benzene rings is 2. The second kappa shape index (κ2) is 6.08. The van der Waals surface area contributed by atoms with E-state index in [1.54, 1.807) is 0 Å². The van der Waals surface area contributed by atoms with Crippen LogP contribution in [0.5, 0.6) is 0 Å². The van der Waals surface area contributed by atoms with E-state index in [4.69, 9.17) is 4.74 Å². The van der Waals surface area contributed by atoms with Gasteiger partial charge in [0.15, 0.2) is 0 Å². The highest BCUT2D eigenvalue weighted by Gasteiger charge is 2.46. The molecule has 120 valence electrons. The van der Waals surface area contributed by atoms with Crippen LogP contribution in [0.4, 0.5) is 0 Å². The number of piperidine rings is 1. The molecule has 2 bridgehead atoms. The van der Waals surface area contributed by atoms with Crippen LogP contribution in [0, 0.1) is 0 Å². The lowest BCUT2D eigenvalue weighted by Gasteiger charge is -2.52. The van der Waals surface area contributed by atoms with Crippen LogP contribution in [0.15, 0.2) is 60.7 Å². The summed E-state index contributed by atoms with van der Waals surface area (Å²) in [4.78, 5) is 2.52. The van der Waals surface area contributed by atoms with Crippen LogP contribution in [0.3, 0.4) is 0 Å². The number of rotatable bonds is 3. The third-order valence-electron chi connectivity index (χ3n) is 5.22. The molecule has 4 rings (SSSR count). The second-order valence-electron chi connectivity index (χ2n) is 6.81. The van der Waals surface area contributed by atoms with Crippen molar-refractivity contribution in [1.29, 1.82) is 0 Å². The summed E-state index contributed by atoms with van der Waals surface area (Å²) in [5.41, 5.74) is 1.64. The lowest BCUT2D eigenvalue weighted by molar-refractivity contribution is -0.149. The quantitative estimate of drug-likeness (QED) is 0.946.